The number of hydrogen-bond acceptors (Lipinski definition) is 7. The van der Waals surface area contributed by atoms with Gasteiger partial charge in [-0.3, -0.25) is 19.3 Å². The molecule has 2 aliphatic carbocycles. The zero-order chi connectivity index (χ0) is 22.9. The van der Waals surface area contributed by atoms with Gasteiger partial charge < -0.3 is 15.0 Å². The van der Waals surface area contributed by atoms with Crippen molar-refractivity contribution in [2.24, 2.45) is 0 Å². The Balaban J connectivity index is 1.35. The fraction of sp³-hybridized carbons (Fsp3) is 0.810. The molecule has 0 radical (unpaired) electrons. The standard InChI is InChI=1S/C21H31N3O7S/c25-17(24(15-6-2-1-3-7-15)16-8-11-32(29,30)14-16)13-31-18(26)12-23-19(27)21(22-20(23)28)9-4-5-10-21/h15-16H,1-14H2,(H,22,28)/t16-/m1/s1. The molecule has 11 heteroatoms. The molecule has 10 nitrogen and oxygen atoms in total. The average Bonchev–Trinajstić information content (AvgIpc) is 3.43. The number of nitrogens with zero attached hydrogens (tertiary/aromatic N) is 2. The Morgan fingerprint density at radius 3 is 2.34 bits per heavy atom. The number of urea groups is 1. The first kappa shape index (κ1) is 23.0. The van der Waals surface area contributed by atoms with Crippen LogP contribution >= 0.6 is 0 Å². The quantitative estimate of drug-likeness (QED) is 0.448. The molecule has 1 atom stereocenters. The largest absolute Gasteiger partial charge is 0.454 e. The smallest absolute Gasteiger partial charge is 0.326 e. The topological polar surface area (TPSA) is 130 Å². The van der Waals surface area contributed by atoms with E-state index in [0.29, 0.717) is 19.3 Å². The van der Waals surface area contributed by atoms with Gasteiger partial charge in [0.05, 0.1) is 11.5 Å². The zero-order valence-corrected chi connectivity index (χ0v) is 19.0. The van der Waals surface area contributed by atoms with Crippen LogP contribution in [0.2, 0.25) is 0 Å². The van der Waals surface area contributed by atoms with Gasteiger partial charge in [-0.05, 0) is 32.1 Å². The molecule has 2 saturated heterocycles. The van der Waals surface area contributed by atoms with E-state index >= 15 is 0 Å². The van der Waals surface area contributed by atoms with E-state index in [9.17, 15) is 27.6 Å². The number of amides is 4. The summed E-state index contributed by atoms with van der Waals surface area (Å²) in [6.45, 7) is -1.07. The predicted molar refractivity (Wildman–Crippen MR) is 113 cm³/mol. The maximum absolute atomic E-state index is 13.0. The van der Waals surface area contributed by atoms with Crippen LogP contribution in [0, 0.1) is 0 Å². The number of hydrogen-bond donors (Lipinski definition) is 1. The van der Waals surface area contributed by atoms with Crippen LogP contribution in [0.1, 0.15) is 64.2 Å². The summed E-state index contributed by atoms with van der Waals surface area (Å²) in [6.07, 6.45) is 7.83. The molecule has 4 rings (SSSR count). The normalized spacial score (nSPS) is 27.0. The number of carbonyl (C=O) groups is 4. The third kappa shape index (κ3) is 4.62. The number of carbonyl (C=O) groups excluding carboxylic acids is 4. The molecule has 2 aliphatic heterocycles. The number of nitrogens with one attached hydrogen (secondary N) is 1. The molecular weight excluding hydrogens is 438 g/mol. The van der Waals surface area contributed by atoms with Crippen molar-refractivity contribution in [2.75, 3.05) is 24.7 Å². The Morgan fingerprint density at radius 2 is 1.72 bits per heavy atom. The zero-order valence-electron chi connectivity index (χ0n) is 18.2. The minimum Gasteiger partial charge on any atom is -0.454 e. The molecule has 1 N–H and O–H groups in total. The van der Waals surface area contributed by atoms with Gasteiger partial charge in [0.2, 0.25) is 0 Å². The molecule has 4 amide bonds. The molecule has 0 aromatic heterocycles. The lowest BCUT2D eigenvalue weighted by Crippen LogP contribution is -2.50. The summed E-state index contributed by atoms with van der Waals surface area (Å²) in [5, 5.41) is 2.70. The third-order valence-electron chi connectivity index (χ3n) is 7.20. The Hall–Kier alpha value is -2.17. The van der Waals surface area contributed by atoms with E-state index in [1.54, 1.807) is 4.90 Å². The molecule has 0 aromatic rings. The van der Waals surface area contributed by atoms with E-state index in [-0.39, 0.29) is 17.5 Å². The lowest BCUT2D eigenvalue weighted by atomic mass is 9.93. The monoisotopic (exact) mass is 469 g/mol. The Labute approximate surface area is 187 Å². The van der Waals surface area contributed by atoms with E-state index in [4.69, 9.17) is 4.74 Å². The summed E-state index contributed by atoms with van der Waals surface area (Å²) < 4.78 is 29.1. The predicted octanol–water partition coefficient (Wildman–Crippen LogP) is 0.743. The third-order valence-corrected chi connectivity index (χ3v) is 8.96. The molecule has 2 saturated carbocycles. The summed E-state index contributed by atoms with van der Waals surface area (Å²) in [7, 11) is -3.17. The highest BCUT2D eigenvalue weighted by molar-refractivity contribution is 7.91. The number of rotatable bonds is 6. The molecule has 0 unspecified atom stereocenters. The molecule has 4 aliphatic rings. The minimum atomic E-state index is -3.17. The van der Waals surface area contributed by atoms with Gasteiger partial charge in [0.15, 0.2) is 16.4 Å². The van der Waals surface area contributed by atoms with Gasteiger partial charge in [-0.25, -0.2) is 13.2 Å². The molecule has 1 spiro atoms. The molecule has 32 heavy (non-hydrogen) atoms. The highest BCUT2D eigenvalue weighted by Gasteiger charge is 2.53. The lowest BCUT2D eigenvalue weighted by Gasteiger charge is -2.38. The highest BCUT2D eigenvalue weighted by Crippen LogP contribution is 2.35. The van der Waals surface area contributed by atoms with Gasteiger partial charge in [-0.1, -0.05) is 32.1 Å². The van der Waals surface area contributed by atoms with Crippen LogP contribution in [0.3, 0.4) is 0 Å². The minimum absolute atomic E-state index is 0.0542. The highest BCUT2D eigenvalue weighted by atomic mass is 32.2. The van der Waals surface area contributed by atoms with Gasteiger partial charge in [0.25, 0.3) is 11.8 Å². The van der Waals surface area contributed by atoms with Gasteiger partial charge in [0.1, 0.15) is 12.1 Å². The maximum atomic E-state index is 13.0. The summed E-state index contributed by atoms with van der Waals surface area (Å²) in [5.74, 6) is -1.67. The van der Waals surface area contributed by atoms with Gasteiger partial charge in [-0.2, -0.15) is 0 Å². The lowest BCUT2D eigenvalue weighted by molar-refractivity contribution is -0.155. The van der Waals surface area contributed by atoms with Crippen molar-refractivity contribution >= 4 is 33.7 Å². The van der Waals surface area contributed by atoms with E-state index < -0.39 is 58.4 Å². The van der Waals surface area contributed by atoms with Crippen LogP contribution in [0.15, 0.2) is 0 Å². The van der Waals surface area contributed by atoms with E-state index in [0.717, 1.165) is 49.8 Å². The summed E-state index contributed by atoms with van der Waals surface area (Å²) in [4.78, 5) is 52.7. The average molecular weight is 470 g/mol. The van der Waals surface area contributed by atoms with E-state index in [1.807, 2.05) is 0 Å². The first-order chi connectivity index (χ1) is 15.2. The fourth-order valence-electron chi connectivity index (χ4n) is 5.59. The van der Waals surface area contributed by atoms with Crippen molar-refractivity contribution in [3.8, 4) is 0 Å². The Bertz CT molecular complexity index is 891. The van der Waals surface area contributed by atoms with Crippen LogP contribution < -0.4 is 5.32 Å². The van der Waals surface area contributed by atoms with Crippen molar-refractivity contribution in [3.63, 3.8) is 0 Å². The van der Waals surface area contributed by atoms with E-state index in [2.05, 4.69) is 5.32 Å². The SMILES string of the molecule is O=C(CN1C(=O)NC2(CCCC2)C1=O)OCC(=O)N(C1CCCCC1)[C@@H]1CCS(=O)(=O)C1. The van der Waals surface area contributed by atoms with Crippen molar-refractivity contribution < 1.29 is 32.3 Å². The van der Waals surface area contributed by atoms with Crippen molar-refractivity contribution in [2.45, 2.75) is 81.8 Å². The van der Waals surface area contributed by atoms with Crippen LogP contribution in [-0.2, 0) is 29.0 Å². The number of esters is 1. The summed E-state index contributed by atoms with van der Waals surface area (Å²) >= 11 is 0. The van der Waals surface area contributed by atoms with Crippen LogP contribution in [0.4, 0.5) is 4.79 Å². The molecular formula is C21H31N3O7S. The van der Waals surface area contributed by atoms with Crippen molar-refractivity contribution in [1.82, 2.24) is 15.1 Å². The second-order valence-electron chi connectivity index (χ2n) is 9.42. The summed E-state index contributed by atoms with van der Waals surface area (Å²) in [5.41, 5.74) is -0.904. The second kappa shape index (κ2) is 8.99. The second-order valence-corrected chi connectivity index (χ2v) is 11.6. The molecule has 4 fully saturated rings. The number of sulfone groups is 1. The van der Waals surface area contributed by atoms with Gasteiger partial charge >= 0.3 is 12.0 Å². The number of imide groups is 1. The first-order valence-corrected chi connectivity index (χ1v) is 13.3. The van der Waals surface area contributed by atoms with Crippen LogP contribution in [0.5, 0.6) is 0 Å². The van der Waals surface area contributed by atoms with Gasteiger partial charge in [0, 0.05) is 12.1 Å². The fourth-order valence-corrected chi connectivity index (χ4v) is 7.30. The molecule has 0 bridgehead atoms. The Morgan fingerprint density at radius 1 is 1.03 bits per heavy atom. The first-order valence-electron chi connectivity index (χ1n) is 11.5. The summed E-state index contributed by atoms with van der Waals surface area (Å²) in [6, 6.07) is -1.07. The van der Waals surface area contributed by atoms with Crippen molar-refractivity contribution in [1.29, 1.82) is 0 Å². The maximum Gasteiger partial charge on any atom is 0.326 e. The molecule has 0 aromatic carbocycles. The van der Waals surface area contributed by atoms with Gasteiger partial charge in [-0.15, -0.1) is 0 Å². The van der Waals surface area contributed by atoms with E-state index in [1.165, 1.54) is 0 Å². The van der Waals surface area contributed by atoms with Crippen molar-refractivity contribution in [3.05, 3.63) is 0 Å². The molecule has 2 heterocycles. The Kier molecular flexibility index (Phi) is 6.46. The van der Waals surface area contributed by atoms with Crippen LogP contribution in [-0.4, -0.2) is 84.3 Å². The van der Waals surface area contributed by atoms with Crippen LogP contribution in [0.25, 0.3) is 0 Å². The molecule has 178 valence electrons. The number of ether oxygens (including phenoxy) is 1.